The Hall–Kier alpha value is -0.650. The Bertz CT molecular complexity index is 191. The molecule has 0 aromatic heterocycles. The van der Waals surface area contributed by atoms with Gasteiger partial charge in [0.25, 0.3) is 0 Å². The second-order valence-corrected chi connectivity index (χ2v) is 3.78. The third-order valence-corrected chi connectivity index (χ3v) is 2.72. The van der Waals surface area contributed by atoms with Crippen molar-refractivity contribution in [3.05, 3.63) is 0 Å². The number of nitrogens with one attached hydrogen (secondary N) is 1. The number of likely N-dealkylation sites (N-methyl/N-ethyl adjacent to an activating group) is 1. The molecule has 5 heteroatoms. The lowest BCUT2D eigenvalue weighted by Crippen LogP contribution is -2.49. The van der Waals surface area contributed by atoms with Crippen molar-refractivity contribution in [1.29, 1.82) is 0 Å². The molecule has 1 saturated heterocycles. The topological polar surface area (TPSA) is 44.8 Å². The van der Waals surface area contributed by atoms with E-state index in [-0.39, 0.29) is 5.91 Å². The van der Waals surface area contributed by atoms with Crippen molar-refractivity contribution < 1.29 is 9.53 Å². The Morgan fingerprint density at radius 3 is 2.40 bits per heavy atom. The fourth-order valence-electron chi connectivity index (χ4n) is 1.67. The first-order valence-electron chi connectivity index (χ1n) is 5.40. The predicted octanol–water partition coefficient (Wildman–Crippen LogP) is -1.00. The molecule has 5 nitrogen and oxygen atoms in total. The summed E-state index contributed by atoms with van der Waals surface area (Å²) < 4.78 is 5.03. The average molecular weight is 215 g/mol. The molecule has 1 fully saturated rings. The van der Waals surface area contributed by atoms with E-state index >= 15 is 0 Å². The Kier molecular flexibility index (Phi) is 5.60. The van der Waals surface area contributed by atoms with Gasteiger partial charge >= 0.3 is 0 Å². The highest BCUT2D eigenvalue weighted by atomic mass is 16.5. The number of rotatable bonds is 5. The van der Waals surface area contributed by atoms with E-state index in [9.17, 15) is 4.79 Å². The molecule has 0 saturated carbocycles. The fourth-order valence-corrected chi connectivity index (χ4v) is 1.67. The zero-order chi connectivity index (χ0) is 11.1. The van der Waals surface area contributed by atoms with Crippen molar-refractivity contribution in [2.24, 2.45) is 0 Å². The Balaban J connectivity index is 2.15. The van der Waals surface area contributed by atoms with Crippen LogP contribution in [0.5, 0.6) is 0 Å². The van der Waals surface area contributed by atoms with Crippen LogP contribution < -0.4 is 5.32 Å². The van der Waals surface area contributed by atoms with Crippen molar-refractivity contribution in [3.63, 3.8) is 0 Å². The van der Waals surface area contributed by atoms with E-state index in [1.807, 2.05) is 0 Å². The van der Waals surface area contributed by atoms with Crippen molar-refractivity contribution >= 4 is 5.91 Å². The quantitative estimate of drug-likeness (QED) is 0.639. The van der Waals surface area contributed by atoms with E-state index in [2.05, 4.69) is 15.1 Å². The molecule has 1 aliphatic rings. The van der Waals surface area contributed by atoms with Gasteiger partial charge in [-0.2, -0.15) is 0 Å². The lowest BCUT2D eigenvalue weighted by Gasteiger charge is -2.33. The fraction of sp³-hybridized carbons (Fsp3) is 0.900. The van der Waals surface area contributed by atoms with Gasteiger partial charge < -0.3 is 10.1 Å². The number of hydrogen-bond acceptors (Lipinski definition) is 4. The van der Waals surface area contributed by atoms with Gasteiger partial charge in [-0.25, -0.2) is 0 Å². The third kappa shape index (κ3) is 4.59. The van der Waals surface area contributed by atoms with Crippen LogP contribution in [-0.4, -0.2) is 75.7 Å². The van der Waals surface area contributed by atoms with Crippen LogP contribution in [0, 0.1) is 0 Å². The van der Waals surface area contributed by atoms with Crippen LogP contribution in [0.15, 0.2) is 0 Å². The van der Waals surface area contributed by atoms with Crippen molar-refractivity contribution in [3.8, 4) is 0 Å². The third-order valence-electron chi connectivity index (χ3n) is 2.72. The number of nitrogens with zero attached hydrogens (tertiary/aromatic N) is 2. The van der Waals surface area contributed by atoms with E-state index in [1.165, 1.54) is 0 Å². The zero-order valence-corrected chi connectivity index (χ0v) is 9.66. The zero-order valence-electron chi connectivity index (χ0n) is 9.66. The lowest BCUT2D eigenvalue weighted by molar-refractivity contribution is -0.122. The highest BCUT2D eigenvalue weighted by Crippen LogP contribution is 2.00. The lowest BCUT2D eigenvalue weighted by atomic mass is 10.3. The maximum Gasteiger partial charge on any atom is 0.233 e. The van der Waals surface area contributed by atoms with Crippen LogP contribution in [0.1, 0.15) is 0 Å². The number of methoxy groups -OCH3 is 1. The van der Waals surface area contributed by atoms with Gasteiger partial charge in [0.2, 0.25) is 5.91 Å². The standard InChI is InChI=1S/C10H21N3O2/c1-11-10(14)9-13-5-3-12(4-6-13)7-8-15-2/h3-9H2,1-2H3,(H,11,14). The molecule has 1 N–H and O–H groups in total. The van der Waals surface area contributed by atoms with Crippen LogP contribution >= 0.6 is 0 Å². The molecule has 15 heavy (non-hydrogen) atoms. The second-order valence-electron chi connectivity index (χ2n) is 3.78. The predicted molar refractivity (Wildman–Crippen MR) is 58.8 cm³/mol. The summed E-state index contributed by atoms with van der Waals surface area (Å²) in [5, 5.41) is 2.64. The van der Waals surface area contributed by atoms with Crippen LogP contribution in [0.3, 0.4) is 0 Å². The van der Waals surface area contributed by atoms with E-state index in [4.69, 9.17) is 4.74 Å². The molecule has 0 spiro atoms. The molecular weight excluding hydrogens is 194 g/mol. The highest BCUT2D eigenvalue weighted by molar-refractivity contribution is 5.77. The van der Waals surface area contributed by atoms with Gasteiger partial charge in [-0.3, -0.25) is 14.6 Å². The van der Waals surface area contributed by atoms with Crippen molar-refractivity contribution in [1.82, 2.24) is 15.1 Å². The number of carbonyl (C=O) groups excluding carboxylic acids is 1. The Morgan fingerprint density at radius 1 is 1.27 bits per heavy atom. The summed E-state index contributed by atoms with van der Waals surface area (Å²) in [6, 6.07) is 0. The smallest absolute Gasteiger partial charge is 0.233 e. The number of carbonyl (C=O) groups is 1. The van der Waals surface area contributed by atoms with Gasteiger partial charge in [0.05, 0.1) is 13.2 Å². The molecule has 0 aromatic carbocycles. The number of hydrogen-bond donors (Lipinski definition) is 1. The minimum Gasteiger partial charge on any atom is -0.383 e. The van der Waals surface area contributed by atoms with E-state index in [0.29, 0.717) is 6.54 Å². The minimum atomic E-state index is 0.0975. The summed E-state index contributed by atoms with van der Waals surface area (Å²) in [5.41, 5.74) is 0. The van der Waals surface area contributed by atoms with Crippen LogP contribution in [0.25, 0.3) is 0 Å². The summed E-state index contributed by atoms with van der Waals surface area (Å²) in [6.07, 6.45) is 0. The summed E-state index contributed by atoms with van der Waals surface area (Å²) in [6.45, 7) is 6.29. The van der Waals surface area contributed by atoms with Crippen LogP contribution in [0.2, 0.25) is 0 Å². The summed E-state index contributed by atoms with van der Waals surface area (Å²) in [4.78, 5) is 15.7. The molecule has 1 heterocycles. The van der Waals surface area contributed by atoms with Gasteiger partial charge in [-0.05, 0) is 0 Å². The Morgan fingerprint density at radius 2 is 1.87 bits per heavy atom. The molecule has 0 bridgehead atoms. The maximum absolute atomic E-state index is 11.1. The second kappa shape index (κ2) is 6.76. The van der Waals surface area contributed by atoms with Crippen molar-refractivity contribution in [2.75, 3.05) is 60.0 Å². The van der Waals surface area contributed by atoms with Gasteiger partial charge in [0, 0.05) is 46.9 Å². The molecule has 0 unspecified atom stereocenters. The van der Waals surface area contributed by atoms with Gasteiger partial charge in [-0.15, -0.1) is 0 Å². The molecule has 0 aliphatic carbocycles. The summed E-state index contributed by atoms with van der Waals surface area (Å²) in [5.74, 6) is 0.0975. The number of ether oxygens (including phenoxy) is 1. The molecule has 1 aliphatic heterocycles. The average Bonchev–Trinajstić information content (AvgIpc) is 2.28. The summed E-state index contributed by atoms with van der Waals surface area (Å²) in [7, 11) is 3.40. The monoisotopic (exact) mass is 215 g/mol. The van der Waals surface area contributed by atoms with Crippen molar-refractivity contribution in [2.45, 2.75) is 0 Å². The molecular formula is C10H21N3O2. The molecule has 0 aromatic rings. The van der Waals surface area contributed by atoms with Gasteiger partial charge in [0.15, 0.2) is 0 Å². The first-order chi connectivity index (χ1) is 7.26. The molecule has 0 radical (unpaired) electrons. The number of amides is 1. The summed E-state index contributed by atoms with van der Waals surface area (Å²) >= 11 is 0. The SMILES string of the molecule is CNC(=O)CN1CCN(CCOC)CC1. The highest BCUT2D eigenvalue weighted by Gasteiger charge is 2.17. The molecule has 1 rings (SSSR count). The normalized spacial score (nSPS) is 19.1. The van der Waals surface area contributed by atoms with Crippen LogP contribution in [-0.2, 0) is 9.53 Å². The first kappa shape index (κ1) is 12.4. The van der Waals surface area contributed by atoms with E-state index in [1.54, 1.807) is 14.2 Å². The molecule has 1 amide bonds. The first-order valence-corrected chi connectivity index (χ1v) is 5.40. The van der Waals surface area contributed by atoms with Gasteiger partial charge in [0.1, 0.15) is 0 Å². The van der Waals surface area contributed by atoms with E-state index in [0.717, 1.165) is 39.3 Å². The van der Waals surface area contributed by atoms with Crippen LogP contribution in [0.4, 0.5) is 0 Å². The largest absolute Gasteiger partial charge is 0.383 e. The minimum absolute atomic E-state index is 0.0975. The number of piperazine rings is 1. The molecule has 0 atom stereocenters. The molecule has 88 valence electrons. The van der Waals surface area contributed by atoms with E-state index < -0.39 is 0 Å². The Labute approximate surface area is 91.4 Å². The maximum atomic E-state index is 11.1. The van der Waals surface area contributed by atoms with Gasteiger partial charge in [-0.1, -0.05) is 0 Å².